The maximum Gasteiger partial charge on any atom is 0.258 e. The van der Waals surface area contributed by atoms with Crippen molar-refractivity contribution >= 4 is 38.5 Å². The fourth-order valence-corrected chi connectivity index (χ4v) is 7.80. The second-order valence-corrected chi connectivity index (χ2v) is 13.3. The summed E-state index contributed by atoms with van der Waals surface area (Å²) in [6, 6.07) is 13.1. The largest absolute Gasteiger partial charge is 0.307 e. The molecule has 35 heavy (non-hydrogen) atoms. The summed E-state index contributed by atoms with van der Waals surface area (Å²) in [7, 11) is -1.57. The van der Waals surface area contributed by atoms with Gasteiger partial charge < -0.3 is 4.90 Å². The topological polar surface area (TPSA) is 40.6 Å². The van der Waals surface area contributed by atoms with Crippen LogP contribution in [0.25, 0.3) is 0 Å². The molecule has 1 unspecified atom stereocenters. The molecular weight excluding hydrogens is 534 g/mol. The number of alkyl halides is 2. The van der Waals surface area contributed by atoms with Crippen molar-refractivity contribution < 1.29 is 17.8 Å². The SMILES string of the molecule is O=C(c1cccc(S(=O)N2CCC(F)(F)CC2)c1)N1CC2(CCC3(CC3)CC2)c2cc(Br)ccc21. The lowest BCUT2D eigenvalue weighted by molar-refractivity contribution is -0.0405. The van der Waals surface area contributed by atoms with E-state index in [9.17, 15) is 17.8 Å². The minimum Gasteiger partial charge on any atom is -0.307 e. The third-order valence-corrected chi connectivity index (χ3v) is 10.7. The number of halogens is 3. The van der Waals surface area contributed by atoms with Crippen LogP contribution in [0, 0.1) is 5.41 Å². The molecule has 2 spiro atoms. The zero-order chi connectivity index (χ0) is 24.4. The zero-order valence-corrected chi connectivity index (χ0v) is 22.0. The van der Waals surface area contributed by atoms with Gasteiger partial charge in [-0.3, -0.25) is 4.79 Å². The van der Waals surface area contributed by atoms with Crippen LogP contribution in [0.1, 0.15) is 67.3 Å². The van der Waals surface area contributed by atoms with Crippen LogP contribution in [-0.4, -0.2) is 40.0 Å². The Morgan fingerprint density at radius 2 is 1.60 bits per heavy atom. The maximum atomic E-state index is 13.8. The van der Waals surface area contributed by atoms with Crippen LogP contribution < -0.4 is 4.90 Å². The van der Waals surface area contributed by atoms with Gasteiger partial charge in [0.15, 0.2) is 0 Å². The average molecular weight is 564 g/mol. The van der Waals surface area contributed by atoms with E-state index in [1.165, 1.54) is 31.2 Å². The Morgan fingerprint density at radius 1 is 0.914 bits per heavy atom. The van der Waals surface area contributed by atoms with Gasteiger partial charge in [-0.1, -0.05) is 22.0 Å². The first-order valence-electron chi connectivity index (χ1n) is 12.5. The monoisotopic (exact) mass is 562 g/mol. The number of hydrogen-bond acceptors (Lipinski definition) is 2. The number of nitrogens with zero attached hydrogens (tertiary/aromatic N) is 2. The summed E-state index contributed by atoms with van der Waals surface area (Å²) in [6.45, 7) is 0.828. The van der Waals surface area contributed by atoms with Crippen molar-refractivity contribution in [3.63, 3.8) is 0 Å². The van der Waals surface area contributed by atoms with Gasteiger partial charge in [-0.2, -0.15) is 0 Å². The minimum atomic E-state index is -2.69. The van der Waals surface area contributed by atoms with E-state index in [-0.39, 0.29) is 37.3 Å². The first-order chi connectivity index (χ1) is 16.7. The van der Waals surface area contributed by atoms with Crippen molar-refractivity contribution in [3.8, 4) is 0 Å². The predicted molar refractivity (Wildman–Crippen MR) is 136 cm³/mol. The molecule has 2 aliphatic carbocycles. The molecule has 0 bridgehead atoms. The summed E-state index contributed by atoms with van der Waals surface area (Å²) < 4.78 is 42.8. The molecule has 6 rings (SSSR count). The normalized spacial score (nSPS) is 24.9. The van der Waals surface area contributed by atoms with Crippen molar-refractivity contribution in [2.24, 2.45) is 5.41 Å². The van der Waals surface area contributed by atoms with Crippen molar-refractivity contribution in [2.45, 2.75) is 67.6 Å². The minimum absolute atomic E-state index is 0.0118. The molecular formula is C27H29BrF2N2O2S. The molecule has 0 N–H and O–H groups in total. The van der Waals surface area contributed by atoms with Crippen molar-refractivity contribution in [1.29, 1.82) is 0 Å². The standard InChI is InChI=1S/C27H29BrF2N2O2S/c28-20-4-5-23-22(17-20)26(10-8-25(6-7-25)9-11-26)18-32(23)24(33)19-2-1-3-21(16-19)35(34)31-14-12-27(29,30)13-15-31/h1-5,16-17H,6-15,18H2. The van der Waals surface area contributed by atoms with Gasteiger partial charge in [0.25, 0.3) is 11.8 Å². The van der Waals surface area contributed by atoms with Gasteiger partial charge in [0.1, 0.15) is 11.0 Å². The summed E-state index contributed by atoms with van der Waals surface area (Å²) in [4.78, 5) is 16.2. The Hall–Kier alpha value is -1.64. The molecule has 2 saturated carbocycles. The third kappa shape index (κ3) is 4.29. The highest BCUT2D eigenvalue weighted by molar-refractivity contribution is 9.10. The highest BCUT2D eigenvalue weighted by Crippen LogP contribution is 2.62. The van der Waals surface area contributed by atoms with E-state index in [1.807, 2.05) is 17.0 Å². The molecule has 1 atom stereocenters. The number of rotatable bonds is 3. The fourth-order valence-electron chi connectivity index (χ4n) is 6.21. The molecule has 4 nitrogen and oxygen atoms in total. The van der Waals surface area contributed by atoms with Crippen molar-refractivity contribution in [2.75, 3.05) is 24.5 Å². The second kappa shape index (κ2) is 8.45. The van der Waals surface area contributed by atoms with Crippen LogP contribution in [0.5, 0.6) is 0 Å². The van der Waals surface area contributed by atoms with E-state index in [4.69, 9.17) is 0 Å². The van der Waals surface area contributed by atoms with Gasteiger partial charge in [-0.15, -0.1) is 0 Å². The summed E-state index contributed by atoms with van der Waals surface area (Å²) in [5, 5.41) is 0. The van der Waals surface area contributed by atoms with Crippen molar-refractivity contribution in [1.82, 2.24) is 4.31 Å². The number of amides is 1. The number of carbonyl (C=O) groups excluding carboxylic acids is 1. The lowest BCUT2D eigenvalue weighted by Gasteiger charge is -2.38. The number of benzene rings is 2. The Bertz CT molecular complexity index is 1200. The maximum absolute atomic E-state index is 13.8. The number of piperidine rings is 1. The van der Waals surface area contributed by atoms with E-state index in [1.54, 1.807) is 28.6 Å². The summed E-state index contributed by atoms with van der Waals surface area (Å²) in [5.41, 5.74) is 3.26. The molecule has 186 valence electrons. The Kier molecular flexibility index (Phi) is 5.73. The molecule has 4 aliphatic rings. The molecule has 2 aromatic carbocycles. The van der Waals surface area contributed by atoms with E-state index < -0.39 is 16.9 Å². The highest BCUT2D eigenvalue weighted by atomic mass is 79.9. The molecule has 2 heterocycles. The van der Waals surface area contributed by atoms with Crippen LogP contribution >= 0.6 is 15.9 Å². The van der Waals surface area contributed by atoms with E-state index in [0.29, 0.717) is 22.4 Å². The summed E-state index contributed by atoms with van der Waals surface area (Å²) in [5.74, 6) is -2.79. The number of carbonyl (C=O) groups is 1. The Labute approximate surface area is 215 Å². The molecule has 0 aromatic heterocycles. The quantitative estimate of drug-likeness (QED) is 0.431. The number of anilines is 1. The lowest BCUT2D eigenvalue weighted by Crippen LogP contribution is -2.40. The molecule has 0 radical (unpaired) electrons. The molecule has 2 aliphatic heterocycles. The molecule has 8 heteroatoms. The van der Waals surface area contributed by atoms with Gasteiger partial charge in [-0.05, 0) is 85.9 Å². The van der Waals surface area contributed by atoms with E-state index >= 15 is 0 Å². The average Bonchev–Trinajstić information content (AvgIpc) is 3.55. The second-order valence-electron chi connectivity index (χ2n) is 10.9. The molecule has 1 saturated heterocycles. The molecule has 1 amide bonds. The fraction of sp³-hybridized carbons (Fsp3) is 0.519. The van der Waals surface area contributed by atoms with Crippen LogP contribution in [0.3, 0.4) is 0 Å². The lowest BCUT2D eigenvalue weighted by atomic mass is 9.66. The number of hydrogen-bond donors (Lipinski definition) is 0. The highest BCUT2D eigenvalue weighted by Gasteiger charge is 2.53. The Balaban J connectivity index is 1.26. The summed E-state index contributed by atoms with van der Waals surface area (Å²) >= 11 is 3.63. The number of fused-ring (bicyclic) bond motifs is 2. The van der Waals surface area contributed by atoms with Crippen molar-refractivity contribution in [3.05, 3.63) is 58.1 Å². The Morgan fingerprint density at radius 3 is 2.29 bits per heavy atom. The van der Waals surface area contributed by atoms with Crippen LogP contribution in [0.4, 0.5) is 14.5 Å². The predicted octanol–water partition coefficient (Wildman–Crippen LogP) is 6.46. The van der Waals surface area contributed by atoms with Crippen LogP contribution in [0.15, 0.2) is 51.8 Å². The third-order valence-electron chi connectivity index (χ3n) is 8.72. The van der Waals surface area contributed by atoms with E-state index in [0.717, 1.165) is 23.0 Å². The van der Waals surface area contributed by atoms with Crippen LogP contribution in [0.2, 0.25) is 0 Å². The smallest absolute Gasteiger partial charge is 0.258 e. The first-order valence-corrected chi connectivity index (χ1v) is 14.4. The van der Waals surface area contributed by atoms with Gasteiger partial charge in [0, 0.05) is 53.6 Å². The summed E-state index contributed by atoms with van der Waals surface area (Å²) in [6.07, 6.45) is 6.76. The van der Waals surface area contributed by atoms with Crippen LogP contribution in [-0.2, 0) is 16.4 Å². The molecule has 2 aromatic rings. The van der Waals surface area contributed by atoms with Gasteiger partial charge in [0.05, 0.1) is 4.90 Å². The molecule has 3 fully saturated rings. The van der Waals surface area contributed by atoms with Gasteiger partial charge in [-0.25, -0.2) is 17.3 Å². The van der Waals surface area contributed by atoms with Gasteiger partial charge >= 0.3 is 0 Å². The van der Waals surface area contributed by atoms with E-state index in [2.05, 4.69) is 22.0 Å². The zero-order valence-electron chi connectivity index (χ0n) is 19.6. The first kappa shape index (κ1) is 23.7. The van der Waals surface area contributed by atoms with Gasteiger partial charge in [0.2, 0.25) is 0 Å².